The number of hydrogen-bond donors (Lipinski definition) is 1. The molecule has 2 rings (SSSR count). The smallest absolute Gasteiger partial charge is 0.332 e. The van der Waals surface area contributed by atoms with Crippen molar-refractivity contribution in [2.24, 2.45) is 13.0 Å². The second kappa shape index (κ2) is 9.18. The number of anilines is 1. The Hall–Kier alpha value is -3.42. The Morgan fingerprint density at radius 2 is 1.79 bits per heavy atom. The number of esters is 1. The number of aromatic nitrogens is 2. The van der Waals surface area contributed by atoms with Crippen molar-refractivity contribution in [2.45, 2.75) is 27.3 Å². The molecular formula is C21H25N3O5. The van der Waals surface area contributed by atoms with E-state index in [1.807, 2.05) is 45.0 Å². The van der Waals surface area contributed by atoms with Crippen LogP contribution in [0, 0.1) is 12.8 Å². The summed E-state index contributed by atoms with van der Waals surface area (Å²) in [5.74, 6) is -1.65. The van der Waals surface area contributed by atoms with E-state index in [0.29, 0.717) is 0 Å². The first-order valence-electron chi connectivity index (χ1n) is 9.15. The molecule has 0 aliphatic rings. The van der Waals surface area contributed by atoms with E-state index in [9.17, 15) is 19.2 Å². The number of ketones is 1. The molecule has 2 aromatic rings. The van der Waals surface area contributed by atoms with Gasteiger partial charge in [0, 0.05) is 19.7 Å². The van der Waals surface area contributed by atoms with Crippen molar-refractivity contribution in [2.75, 3.05) is 12.3 Å². The fraction of sp³-hybridized carbons (Fsp3) is 0.333. The van der Waals surface area contributed by atoms with Crippen LogP contribution in [0.15, 0.2) is 39.9 Å². The number of nitrogen functional groups attached to an aromatic ring is 1. The van der Waals surface area contributed by atoms with Crippen LogP contribution in [0.3, 0.4) is 0 Å². The summed E-state index contributed by atoms with van der Waals surface area (Å²) >= 11 is 0. The summed E-state index contributed by atoms with van der Waals surface area (Å²) in [6, 6.07) is 7.48. The van der Waals surface area contributed by atoms with E-state index in [1.165, 1.54) is 17.7 Å². The number of nitrogens with zero attached hydrogens (tertiary/aromatic N) is 2. The van der Waals surface area contributed by atoms with Gasteiger partial charge in [-0.15, -0.1) is 0 Å². The molecule has 0 bridgehead atoms. The maximum absolute atomic E-state index is 12.5. The maximum Gasteiger partial charge on any atom is 0.332 e. The molecular weight excluding hydrogens is 374 g/mol. The first-order valence-corrected chi connectivity index (χ1v) is 9.15. The van der Waals surface area contributed by atoms with Crippen molar-refractivity contribution >= 4 is 23.6 Å². The molecule has 0 atom stereocenters. The third-order valence-corrected chi connectivity index (χ3v) is 4.24. The molecule has 154 valence electrons. The lowest BCUT2D eigenvalue weighted by atomic mass is 10.1. The Labute approximate surface area is 168 Å². The van der Waals surface area contributed by atoms with Crippen LogP contribution in [0.5, 0.6) is 0 Å². The minimum absolute atomic E-state index is 0.0696. The maximum atomic E-state index is 12.5. The molecule has 1 aromatic carbocycles. The van der Waals surface area contributed by atoms with E-state index < -0.39 is 29.6 Å². The van der Waals surface area contributed by atoms with Crippen molar-refractivity contribution in [3.05, 3.63) is 67.9 Å². The number of ether oxygens (including phenoxy) is 1. The first kappa shape index (κ1) is 21.9. The molecule has 0 amide bonds. The van der Waals surface area contributed by atoms with Gasteiger partial charge >= 0.3 is 11.7 Å². The Balaban J connectivity index is 2.17. The van der Waals surface area contributed by atoms with Gasteiger partial charge in [0.25, 0.3) is 5.56 Å². The zero-order chi connectivity index (χ0) is 21.7. The summed E-state index contributed by atoms with van der Waals surface area (Å²) in [6.45, 7) is 5.30. The van der Waals surface area contributed by atoms with Crippen LogP contribution in [0.25, 0.3) is 6.08 Å². The highest BCUT2D eigenvalue weighted by atomic mass is 16.5. The van der Waals surface area contributed by atoms with Crippen LogP contribution in [-0.2, 0) is 23.1 Å². The van der Waals surface area contributed by atoms with E-state index in [2.05, 4.69) is 0 Å². The van der Waals surface area contributed by atoms with Gasteiger partial charge in [-0.2, -0.15) is 0 Å². The molecule has 0 spiro atoms. The van der Waals surface area contributed by atoms with E-state index in [-0.39, 0.29) is 23.8 Å². The summed E-state index contributed by atoms with van der Waals surface area (Å²) in [4.78, 5) is 49.0. The van der Waals surface area contributed by atoms with Gasteiger partial charge < -0.3 is 10.5 Å². The molecule has 0 aliphatic carbocycles. The van der Waals surface area contributed by atoms with Crippen LogP contribution in [0.2, 0.25) is 0 Å². The topological polar surface area (TPSA) is 113 Å². The number of benzene rings is 1. The largest absolute Gasteiger partial charge is 0.454 e. The second-order valence-electron chi connectivity index (χ2n) is 7.19. The molecule has 8 nitrogen and oxygen atoms in total. The van der Waals surface area contributed by atoms with Crippen LogP contribution >= 0.6 is 0 Å². The van der Waals surface area contributed by atoms with E-state index in [1.54, 1.807) is 6.08 Å². The third-order valence-electron chi connectivity index (χ3n) is 4.24. The first-order chi connectivity index (χ1) is 13.6. The van der Waals surface area contributed by atoms with Crippen molar-refractivity contribution in [3.8, 4) is 0 Å². The minimum atomic E-state index is -0.816. The van der Waals surface area contributed by atoms with Crippen molar-refractivity contribution in [1.82, 2.24) is 9.13 Å². The standard InChI is InChI=1S/C21H25N3O5/c1-13(2)11-24-19(22)18(20(27)23(4)21(24)28)16(25)12-29-17(26)10-9-15-7-5-14(3)6-8-15/h5-10,13H,11-12,22H2,1-4H3/b10-9+. The lowest BCUT2D eigenvalue weighted by molar-refractivity contribution is -0.136. The molecule has 0 saturated carbocycles. The zero-order valence-corrected chi connectivity index (χ0v) is 17.0. The van der Waals surface area contributed by atoms with E-state index >= 15 is 0 Å². The quantitative estimate of drug-likeness (QED) is 0.429. The SMILES string of the molecule is Cc1ccc(/C=C/C(=O)OCC(=O)c2c(N)n(CC(C)C)c(=O)n(C)c2=O)cc1. The molecule has 2 N–H and O–H groups in total. The lowest BCUT2D eigenvalue weighted by Gasteiger charge is -2.16. The van der Waals surface area contributed by atoms with Crippen molar-refractivity contribution in [1.29, 1.82) is 0 Å². The predicted octanol–water partition coefficient (Wildman–Crippen LogP) is 1.53. The normalized spacial score (nSPS) is 11.2. The molecule has 8 heteroatoms. The highest BCUT2D eigenvalue weighted by molar-refractivity contribution is 6.01. The van der Waals surface area contributed by atoms with Crippen molar-refractivity contribution < 1.29 is 14.3 Å². The third kappa shape index (κ3) is 5.31. The van der Waals surface area contributed by atoms with Crippen LogP contribution in [-0.4, -0.2) is 27.5 Å². The summed E-state index contributed by atoms with van der Waals surface area (Å²) < 4.78 is 6.94. The monoisotopic (exact) mass is 399 g/mol. The van der Waals surface area contributed by atoms with E-state index in [0.717, 1.165) is 15.7 Å². The number of Topliss-reactive ketones (excluding diaryl/α,β-unsaturated/α-hetero) is 1. The number of carbonyl (C=O) groups excluding carboxylic acids is 2. The van der Waals surface area contributed by atoms with Crippen LogP contribution in [0.4, 0.5) is 5.82 Å². The van der Waals surface area contributed by atoms with Gasteiger partial charge in [0.15, 0.2) is 6.61 Å². The highest BCUT2D eigenvalue weighted by Gasteiger charge is 2.22. The fourth-order valence-electron chi connectivity index (χ4n) is 2.69. The number of aryl methyl sites for hydroxylation is 1. The Morgan fingerprint density at radius 1 is 1.17 bits per heavy atom. The Morgan fingerprint density at radius 3 is 2.38 bits per heavy atom. The van der Waals surface area contributed by atoms with Crippen LogP contribution < -0.4 is 17.0 Å². The molecule has 0 aliphatic heterocycles. The molecule has 1 aromatic heterocycles. The summed E-state index contributed by atoms with van der Waals surface area (Å²) in [6.07, 6.45) is 2.75. The van der Waals surface area contributed by atoms with Crippen LogP contribution in [0.1, 0.15) is 35.3 Å². The predicted molar refractivity (Wildman–Crippen MR) is 111 cm³/mol. The lowest BCUT2D eigenvalue weighted by Crippen LogP contribution is -2.43. The van der Waals surface area contributed by atoms with E-state index in [4.69, 9.17) is 10.5 Å². The number of hydrogen-bond acceptors (Lipinski definition) is 6. The number of rotatable bonds is 7. The van der Waals surface area contributed by atoms with Gasteiger partial charge in [0.2, 0.25) is 5.78 Å². The minimum Gasteiger partial charge on any atom is -0.454 e. The Kier molecular flexibility index (Phi) is 6.93. The van der Waals surface area contributed by atoms with Gasteiger partial charge in [0.1, 0.15) is 11.4 Å². The summed E-state index contributed by atoms with van der Waals surface area (Å²) in [7, 11) is 1.27. The molecule has 0 radical (unpaired) electrons. The average Bonchev–Trinajstić information content (AvgIpc) is 2.67. The number of nitrogens with two attached hydrogens (primary N) is 1. The highest BCUT2D eigenvalue weighted by Crippen LogP contribution is 2.09. The van der Waals surface area contributed by atoms with Gasteiger partial charge in [-0.05, 0) is 24.5 Å². The Bertz CT molecular complexity index is 1060. The van der Waals surface area contributed by atoms with Gasteiger partial charge in [-0.3, -0.25) is 18.7 Å². The molecule has 0 fully saturated rings. The summed E-state index contributed by atoms with van der Waals surface area (Å²) in [5.41, 5.74) is 6.05. The average molecular weight is 399 g/mol. The van der Waals surface area contributed by atoms with Gasteiger partial charge in [-0.1, -0.05) is 43.7 Å². The molecule has 29 heavy (non-hydrogen) atoms. The van der Waals surface area contributed by atoms with Gasteiger partial charge in [-0.25, -0.2) is 9.59 Å². The molecule has 0 unspecified atom stereocenters. The molecule has 0 saturated heterocycles. The number of carbonyl (C=O) groups is 2. The second-order valence-corrected chi connectivity index (χ2v) is 7.19. The molecule has 1 heterocycles. The van der Waals surface area contributed by atoms with Crippen molar-refractivity contribution in [3.63, 3.8) is 0 Å². The fourth-order valence-corrected chi connectivity index (χ4v) is 2.69. The van der Waals surface area contributed by atoms with Gasteiger partial charge in [0.05, 0.1) is 0 Å². The summed E-state index contributed by atoms with van der Waals surface area (Å²) in [5, 5.41) is 0. The zero-order valence-electron chi connectivity index (χ0n) is 17.0.